The maximum Gasteiger partial charge on any atom is 0.151 e. The molecule has 0 saturated heterocycles. The molecule has 6 heteroatoms. The van der Waals surface area contributed by atoms with Crippen LogP contribution in [0, 0.1) is 11.8 Å². The maximum atomic E-state index is 12.2. The number of hydrogen-bond donors (Lipinski definition) is 2. The summed E-state index contributed by atoms with van der Waals surface area (Å²) < 4.78 is 5.65. The molecule has 0 unspecified atom stereocenters. The number of carbonyl (C=O) groups excluding carboxylic acids is 2. The van der Waals surface area contributed by atoms with E-state index in [-0.39, 0.29) is 36.2 Å². The normalized spacial score (nSPS) is 19.6. The summed E-state index contributed by atoms with van der Waals surface area (Å²) in [5.41, 5.74) is 0. The number of Topliss-reactive ketones (excluding diaryl/α,β-unsaturated/α-hetero) is 2. The number of halogens is 1. The van der Waals surface area contributed by atoms with Gasteiger partial charge in [0.05, 0.1) is 6.61 Å². The summed E-state index contributed by atoms with van der Waals surface area (Å²) in [4.78, 5) is 23.9. The standard InChI is InChI=1S/C22H29ClO5/c23-17-8-11-19(12-9-17)28-15-2-1-4-16-7-13-21(25)20(16)6-3-5-18(24)10-14-22(26)27/h1,4,8-9,11-12,16,20,22,26-27H,2-3,5-7,10,13-15H2/b4-1+/t16-,20+/m0/s1. The van der Waals surface area contributed by atoms with E-state index in [9.17, 15) is 9.59 Å². The Hall–Kier alpha value is -1.69. The van der Waals surface area contributed by atoms with Crippen LogP contribution in [-0.4, -0.2) is 34.7 Å². The Morgan fingerprint density at radius 1 is 1.25 bits per heavy atom. The molecule has 0 spiro atoms. The molecule has 2 N–H and O–H groups in total. The average molecular weight is 409 g/mol. The van der Waals surface area contributed by atoms with Gasteiger partial charge < -0.3 is 14.9 Å². The second kappa shape index (κ2) is 12.0. The van der Waals surface area contributed by atoms with E-state index < -0.39 is 6.29 Å². The molecule has 2 rings (SSSR count). The van der Waals surface area contributed by atoms with Gasteiger partial charge in [0.1, 0.15) is 17.3 Å². The number of rotatable bonds is 12. The number of carbonyl (C=O) groups is 2. The number of aliphatic hydroxyl groups is 2. The van der Waals surface area contributed by atoms with Crippen molar-refractivity contribution in [3.05, 3.63) is 41.4 Å². The smallest absolute Gasteiger partial charge is 0.151 e. The van der Waals surface area contributed by atoms with Crippen molar-refractivity contribution in [3.8, 4) is 5.75 Å². The van der Waals surface area contributed by atoms with E-state index in [1.807, 2.05) is 12.1 Å². The van der Waals surface area contributed by atoms with E-state index in [0.717, 1.165) is 18.6 Å². The minimum atomic E-state index is -1.43. The Bertz CT molecular complexity index is 653. The molecule has 1 aromatic rings. The fourth-order valence-electron chi connectivity index (χ4n) is 3.52. The van der Waals surface area contributed by atoms with Crippen molar-refractivity contribution in [1.82, 2.24) is 0 Å². The third kappa shape index (κ3) is 8.13. The topological polar surface area (TPSA) is 83.8 Å². The van der Waals surface area contributed by atoms with Crippen LogP contribution < -0.4 is 4.74 Å². The summed E-state index contributed by atoms with van der Waals surface area (Å²) >= 11 is 5.84. The fraction of sp³-hybridized carbons (Fsp3) is 0.545. The lowest BCUT2D eigenvalue weighted by Gasteiger charge is -2.14. The Kier molecular flexibility index (Phi) is 9.68. The number of aliphatic hydroxyl groups excluding tert-OH is 1. The lowest BCUT2D eigenvalue weighted by molar-refractivity contribution is -0.123. The van der Waals surface area contributed by atoms with E-state index in [0.29, 0.717) is 37.3 Å². The van der Waals surface area contributed by atoms with Crippen LogP contribution >= 0.6 is 11.6 Å². The van der Waals surface area contributed by atoms with Gasteiger partial charge in [0.2, 0.25) is 0 Å². The highest BCUT2D eigenvalue weighted by Gasteiger charge is 2.32. The van der Waals surface area contributed by atoms with Crippen molar-refractivity contribution in [1.29, 1.82) is 0 Å². The first-order valence-electron chi connectivity index (χ1n) is 9.91. The molecule has 154 valence electrons. The minimum absolute atomic E-state index is 0.00957. The first kappa shape index (κ1) is 22.6. The third-order valence-corrected chi connectivity index (χ3v) is 5.31. The molecule has 0 aromatic heterocycles. The fourth-order valence-corrected chi connectivity index (χ4v) is 3.65. The highest BCUT2D eigenvalue weighted by atomic mass is 35.5. The Balaban J connectivity index is 1.68. The van der Waals surface area contributed by atoms with Crippen LogP contribution in [0.3, 0.4) is 0 Å². The van der Waals surface area contributed by atoms with Gasteiger partial charge in [-0.25, -0.2) is 0 Å². The van der Waals surface area contributed by atoms with Crippen molar-refractivity contribution in [2.45, 2.75) is 57.7 Å². The molecule has 0 amide bonds. The Morgan fingerprint density at radius 2 is 2.00 bits per heavy atom. The van der Waals surface area contributed by atoms with Gasteiger partial charge in [0.15, 0.2) is 6.29 Å². The summed E-state index contributed by atoms with van der Waals surface area (Å²) in [6.45, 7) is 0.564. The number of allylic oxidation sites excluding steroid dienone is 1. The number of ketones is 2. The molecule has 2 atom stereocenters. The predicted octanol–water partition coefficient (Wildman–Crippen LogP) is 4.09. The van der Waals surface area contributed by atoms with Gasteiger partial charge in [0, 0.05) is 36.6 Å². The first-order valence-corrected chi connectivity index (χ1v) is 10.3. The van der Waals surface area contributed by atoms with Crippen LogP contribution in [0.4, 0.5) is 0 Å². The summed E-state index contributed by atoms with van der Waals surface area (Å²) in [6.07, 6.45) is 7.00. The Labute approximate surface area is 171 Å². The summed E-state index contributed by atoms with van der Waals surface area (Å²) in [7, 11) is 0. The Morgan fingerprint density at radius 3 is 2.71 bits per heavy atom. The molecule has 5 nitrogen and oxygen atoms in total. The van der Waals surface area contributed by atoms with Gasteiger partial charge in [-0.05, 0) is 55.9 Å². The largest absolute Gasteiger partial charge is 0.493 e. The third-order valence-electron chi connectivity index (χ3n) is 5.06. The number of benzene rings is 1. The highest BCUT2D eigenvalue weighted by Crippen LogP contribution is 2.33. The zero-order valence-electron chi connectivity index (χ0n) is 16.1. The second-order valence-corrected chi connectivity index (χ2v) is 7.68. The predicted molar refractivity (Wildman–Crippen MR) is 108 cm³/mol. The molecule has 0 radical (unpaired) electrons. The number of ether oxygens (including phenoxy) is 1. The minimum Gasteiger partial charge on any atom is -0.493 e. The molecule has 1 aliphatic rings. The lowest BCUT2D eigenvalue weighted by atomic mass is 9.89. The molecule has 28 heavy (non-hydrogen) atoms. The lowest BCUT2D eigenvalue weighted by Crippen LogP contribution is -2.14. The van der Waals surface area contributed by atoms with Gasteiger partial charge in [-0.15, -0.1) is 0 Å². The number of hydrogen-bond acceptors (Lipinski definition) is 5. The van der Waals surface area contributed by atoms with Crippen molar-refractivity contribution in [3.63, 3.8) is 0 Å². The summed E-state index contributed by atoms with van der Waals surface area (Å²) in [5.74, 6) is 1.31. The van der Waals surface area contributed by atoms with Gasteiger partial charge >= 0.3 is 0 Å². The van der Waals surface area contributed by atoms with Crippen molar-refractivity contribution >= 4 is 23.2 Å². The van der Waals surface area contributed by atoms with Crippen LogP contribution in [0.1, 0.15) is 51.4 Å². The molecule has 1 saturated carbocycles. The molecule has 0 bridgehead atoms. The highest BCUT2D eigenvalue weighted by molar-refractivity contribution is 6.30. The molecule has 1 fully saturated rings. The molecular weight excluding hydrogens is 380 g/mol. The van der Waals surface area contributed by atoms with Gasteiger partial charge in [-0.1, -0.05) is 23.8 Å². The quantitative estimate of drug-likeness (QED) is 0.309. The van der Waals surface area contributed by atoms with E-state index in [2.05, 4.69) is 12.2 Å². The van der Waals surface area contributed by atoms with Crippen molar-refractivity contribution in [2.24, 2.45) is 11.8 Å². The van der Waals surface area contributed by atoms with Crippen LogP contribution in [0.2, 0.25) is 5.02 Å². The maximum absolute atomic E-state index is 12.2. The van der Waals surface area contributed by atoms with Crippen LogP contribution in [0.15, 0.2) is 36.4 Å². The van der Waals surface area contributed by atoms with Gasteiger partial charge in [-0.2, -0.15) is 0 Å². The van der Waals surface area contributed by atoms with E-state index in [1.165, 1.54) is 0 Å². The molecule has 0 aliphatic heterocycles. The monoisotopic (exact) mass is 408 g/mol. The van der Waals surface area contributed by atoms with Crippen LogP contribution in [0.5, 0.6) is 5.75 Å². The zero-order valence-corrected chi connectivity index (χ0v) is 16.8. The van der Waals surface area contributed by atoms with E-state index in [1.54, 1.807) is 12.1 Å². The summed E-state index contributed by atoms with van der Waals surface area (Å²) in [5, 5.41) is 18.3. The average Bonchev–Trinajstić information content (AvgIpc) is 3.01. The van der Waals surface area contributed by atoms with Crippen LogP contribution in [-0.2, 0) is 9.59 Å². The van der Waals surface area contributed by atoms with E-state index >= 15 is 0 Å². The van der Waals surface area contributed by atoms with Gasteiger partial charge in [0.25, 0.3) is 0 Å². The molecule has 0 heterocycles. The zero-order chi connectivity index (χ0) is 20.4. The summed E-state index contributed by atoms with van der Waals surface area (Å²) in [6, 6.07) is 7.25. The second-order valence-electron chi connectivity index (χ2n) is 7.24. The first-order chi connectivity index (χ1) is 13.5. The SMILES string of the molecule is O=C(CCC[C@H]1C(=O)CC[C@@H]1/C=C/CCOc1ccc(Cl)cc1)CCC(O)O. The van der Waals surface area contributed by atoms with E-state index in [4.69, 9.17) is 26.6 Å². The molecule has 1 aliphatic carbocycles. The van der Waals surface area contributed by atoms with Crippen molar-refractivity contribution in [2.75, 3.05) is 6.61 Å². The van der Waals surface area contributed by atoms with Crippen LogP contribution in [0.25, 0.3) is 0 Å². The van der Waals surface area contributed by atoms with Crippen molar-refractivity contribution < 1.29 is 24.5 Å². The van der Waals surface area contributed by atoms with Gasteiger partial charge in [-0.3, -0.25) is 9.59 Å². The molecule has 1 aromatic carbocycles. The molecular formula is C22H29ClO5.